The Hall–Kier alpha value is 2.41. The predicted octanol–water partition coefficient (Wildman–Crippen LogP) is -1.92. The number of hydrogen-bond acceptors (Lipinski definition) is 5. The van der Waals surface area contributed by atoms with Crippen LogP contribution in [0.1, 0.15) is 0 Å². The van der Waals surface area contributed by atoms with E-state index in [0.717, 1.165) is 0 Å². The molecule has 9 heteroatoms. The van der Waals surface area contributed by atoms with Crippen LogP contribution in [-0.2, 0) is 0 Å². The van der Waals surface area contributed by atoms with Crippen molar-refractivity contribution in [3.63, 3.8) is 0 Å². The summed E-state index contributed by atoms with van der Waals surface area (Å²) in [6.07, 6.45) is 0. The zero-order chi connectivity index (χ0) is 12.2. The standard InChI is InChI=1S/C4H12N2Si.3CH3N.3Sn.3H/c1-5-7(3,4)6-2;3*1-2;;;;;;/h1-4H3;3*1H3;;;;;;/q-2;;;;;2*+1;;;. The number of nitrogens with zero attached hydrogens (tertiary/aromatic N) is 5. The third-order valence-electron chi connectivity index (χ3n) is 4.24. The van der Waals surface area contributed by atoms with Crippen LogP contribution in [0.25, 0.3) is 0 Å². The van der Waals surface area contributed by atoms with Gasteiger partial charge in [0.2, 0.25) is 0 Å². The summed E-state index contributed by atoms with van der Waals surface area (Å²) in [7, 11) is 10.9. The SMILES string of the molecule is C[N]1[SnH][N](C)[SnH]2[N](C)[SnH]1[N](C)[Si](C)(C)[N]2C. The molecule has 0 aliphatic carbocycles. The van der Waals surface area contributed by atoms with Gasteiger partial charge in [-0.3, -0.25) is 0 Å². The maximum absolute atomic E-state index is 2.91. The molecule has 0 spiro atoms. The minimum absolute atomic E-state index is 0.571. The Morgan fingerprint density at radius 2 is 1.19 bits per heavy atom. The van der Waals surface area contributed by atoms with Crippen molar-refractivity contribution >= 4 is 71.2 Å². The summed E-state index contributed by atoms with van der Waals surface area (Å²) in [6, 6.07) is 0. The van der Waals surface area contributed by atoms with Crippen LogP contribution in [0.3, 0.4) is 0 Å². The molecule has 0 saturated carbocycles. The summed E-state index contributed by atoms with van der Waals surface area (Å²) in [5.41, 5.74) is 0. The summed E-state index contributed by atoms with van der Waals surface area (Å²) in [5, 5.41) is 0. The molecular weight excluding hydrogens is 538 g/mol. The third-order valence-corrected chi connectivity index (χ3v) is 61.5. The first kappa shape index (κ1) is 14.8. The molecule has 1 radical (unpaired) electrons. The van der Waals surface area contributed by atoms with Gasteiger partial charge in [-0.25, -0.2) is 0 Å². The molecule has 0 aromatic rings. The van der Waals surface area contributed by atoms with Gasteiger partial charge in [-0.15, -0.1) is 0 Å². The maximum atomic E-state index is 2.91. The van der Waals surface area contributed by atoms with Gasteiger partial charge in [0.05, 0.1) is 0 Å². The van der Waals surface area contributed by atoms with Crippen LogP contribution in [0.5, 0.6) is 0 Å². The first-order valence-electron chi connectivity index (χ1n) is 5.75. The Balaban J connectivity index is 2.39. The molecule has 16 heavy (non-hydrogen) atoms. The van der Waals surface area contributed by atoms with E-state index in [9.17, 15) is 0 Å². The van der Waals surface area contributed by atoms with Crippen molar-refractivity contribution in [2.24, 2.45) is 0 Å². The quantitative estimate of drug-likeness (QED) is 0.319. The molecule has 0 N–H and O–H groups in total. The molecule has 2 rings (SSSR count). The van der Waals surface area contributed by atoms with Gasteiger partial charge in [-0.2, -0.15) is 0 Å². The zero-order valence-electron chi connectivity index (χ0n) is 11.5. The molecule has 2 bridgehead atoms. The van der Waals surface area contributed by atoms with Crippen LogP contribution in [0.4, 0.5) is 0 Å². The monoisotopic (exact) mass is 566 g/mol. The summed E-state index contributed by atoms with van der Waals surface area (Å²) in [4.78, 5) is 0. The van der Waals surface area contributed by atoms with Gasteiger partial charge in [-0.05, 0) is 0 Å². The summed E-state index contributed by atoms with van der Waals surface area (Å²) in [6.45, 7) is 5.10. The fraction of sp³-hybridized carbons (Fsp3) is 1.00. The predicted molar refractivity (Wildman–Crippen MR) is 77.7 cm³/mol. The number of hydrogen-bond donors (Lipinski definition) is 0. The van der Waals surface area contributed by atoms with Crippen LogP contribution < -0.4 is 0 Å². The van der Waals surface area contributed by atoms with E-state index >= 15 is 0 Å². The van der Waals surface area contributed by atoms with Crippen molar-refractivity contribution in [3.05, 3.63) is 0 Å². The van der Waals surface area contributed by atoms with E-state index in [0.29, 0.717) is 0 Å². The first-order chi connectivity index (χ1) is 7.28. The molecule has 2 saturated heterocycles. The van der Waals surface area contributed by atoms with Gasteiger partial charge in [0.1, 0.15) is 0 Å². The van der Waals surface area contributed by atoms with Gasteiger partial charge in [0.15, 0.2) is 0 Å². The normalized spacial score (nSPS) is 39.2. The molecule has 2 aliphatic rings. The molecule has 5 nitrogen and oxygen atoms in total. The van der Waals surface area contributed by atoms with Crippen LogP contribution in [-0.4, -0.2) is 116 Å². The van der Waals surface area contributed by atoms with Crippen molar-refractivity contribution in [2.75, 3.05) is 35.2 Å². The van der Waals surface area contributed by atoms with Crippen molar-refractivity contribution < 1.29 is 0 Å². The van der Waals surface area contributed by atoms with Crippen molar-refractivity contribution in [3.8, 4) is 0 Å². The van der Waals surface area contributed by atoms with Gasteiger partial charge < -0.3 is 0 Å². The number of fused-ring (bicyclic) bond motifs is 2. The van der Waals surface area contributed by atoms with Crippen LogP contribution in [0.2, 0.25) is 13.1 Å². The van der Waals surface area contributed by atoms with E-state index in [-0.39, 0.29) is 0 Å². The second kappa shape index (κ2) is 5.07. The Labute approximate surface area is 127 Å². The molecule has 93 valence electrons. The second-order valence-electron chi connectivity index (χ2n) is 5.52. The molecule has 2 atom stereocenters. The fourth-order valence-electron chi connectivity index (χ4n) is 3.01. The average molecular weight is 563 g/mol. The van der Waals surface area contributed by atoms with Crippen molar-refractivity contribution in [1.29, 1.82) is 0 Å². The summed E-state index contributed by atoms with van der Waals surface area (Å²) < 4.78 is 14.4. The van der Waals surface area contributed by atoms with Crippen LogP contribution in [0.15, 0.2) is 0 Å². The molecule has 0 aromatic carbocycles. The minimum atomic E-state index is -1.69. The molecule has 2 unspecified atom stereocenters. The Morgan fingerprint density at radius 3 is 1.56 bits per heavy atom. The van der Waals surface area contributed by atoms with E-state index < -0.39 is 71.2 Å². The summed E-state index contributed by atoms with van der Waals surface area (Å²) >= 11 is -3.94. The topological polar surface area (TPSA) is 16.2 Å². The third kappa shape index (κ3) is 2.17. The van der Waals surface area contributed by atoms with Crippen molar-refractivity contribution in [2.45, 2.75) is 13.1 Å². The first-order valence-corrected chi connectivity index (χ1v) is 20.4. The van der Waals surface area contributed by atoms with E-state index in [1.165, 1.54) is 0 Å². The Kier molecular flexibility index (Phi) is 4.70. The van der Waals surface area contributed by atoms with E-state index in [1.54, 1.807) is 0 Å². The molecule has 0 aromatic heterocycles. The van der Waals surface area contributed by atoms with Gasteiger partial charge in [0, 0.05) is 0 Å². The molecule has 2 aliphatic heterocycles. The van der Waals surface area contributed by atoms with Gasteiger partial charge in [-0.1, -0.05) is 0 Å². The van der Waals surface area contributed by atoms with Gasteiger partial charge in [0.25, 0.3) is 0 Å². The average Bonchev–Trinajstić information content (AvgIpc) is 2.14. The Morgan fingerprint density at radius 1 is 0.812 bits per heavy atom. The fourth-order valence-corrected chi connectivity index (χ4v) is 122. The van der Waals surface area contributed by atoms with E-state index in [2.05, 4.69) is 57.9 Å². The summed E-state index contributed by atoms with van der Waals surface area (Å²) in [5.74, 6) is 0. The molecule has 2 heterocycles. The molecule has 0 amide bonds. The Bertz CT molecular complexity index is 269. The van der Waals surface area contributed by atoms with Crippen LogP contribution >= 0.6 is 0 Å². The molecular formula is C7H24N5SiSn3. The second-order valence-corrected chi connectivity index (χ2v) is 50.4. The van der Waals surface area contributed by atoms with Gasteiger partial charge >= 0.3 is 129 Å². The van der Waals surface area contributed by atoms with Crippen LogP contribution in [0, 0.1) is 0 Å². The van der Waals surface area contributed by atoms with Crippen molar-refractivity contribution in [1.82, 2.24) is 9.60 Å². The van der Waals surface area contributed by atoms with E-state index in [4.69, 9.17) is 0 Å². The number of rotatable bonds is 0. The van der Waals surface area contributed by atoms with E-state index in [1.807, 2.05) is 0 Å². The zero-order valence-corrected chi connectivity index (χ0v) is 22.4. The molecule has 2 fully saturated rings.